The van der Waals surface area contributed by atoms with Crippen molar-refractivity contribution in [3.05, 3.63) is 59.8 Å². The number of amides is 2. The van der Waals surface area contributed by atoms with Gasteiger partial charge in [0.2, 0.25) is 0 Å². The number of hydrogen-bond donors (Lipinski definition) is 1. The van der Waals surface area contributed by atoms with E-state index in [-0.39, 0.29) is 12.1 Å². The fraction of sp³-hybridized carbons (Fsp3) is 0.538. The standard InChI is InChI=1S/C26H34N4O2/c1-19-9-12-29(13-10-19)25-8-7-20(15-27-25)16-28-26(31)30-17-22(21-5-3-2-4-6-21)23-18-32-14-11-24(23)30/h2-8,15,19,22-24H,9-14,16-18H2,1H3,(H,28,31). The highest BCUT2D eigenvalue weighted by atomic mass is 16.5. The van der Waals surface area contributed by atoms with Crippen LogP contribution in [0.5, 0.6) is 0 Å². The second-order valence-corrected chi connectivity index (χ2v) is 9.62. The number of likely N-dealkylation sites (tertiary alicyclic amines) is 1. The Bertz CT molecular complexity index is 896. The fourth-order valence-electron chi connectivity index (χ4n) is 5.51. The van der Waals surface area contributed by atoms with E-state index in [2.05, 4.69) is 58.5 Å². The number of nitrogens with zero attached hydrogens (tertiary/aromatic N) is 3. The highest BCUT2D eigenvalue weighted by Crippen LogP contribution is 2.40. The van der Waals surface area contributed by atoms with E-state index in [1.807, 2.05) is 17.2 Å². The zero-order valence-electron chi connectivity index (χ0n) is 19.0. The molecule has 3 aliphatic rings. The summed E-state index contributed by atoms with van der Waals surface area (Å²) < 4.78 is 5.79. The fourth-order valence-corrected chi connectivity index (χ4v) is 5.51. The number of fused-ring (bicyclic) bond motifs is 1. The monoisotopic (exact) mass is 434 g/mol. The predicted octanol–water partition coefficient (Wildman–Crippen LogP) is 4.03. The molecule has 6 nitrogen and oxygen atoms in total. The molecule has 3 fully saturated rings. The van der Waals surface area contributed by atoms with Gasteiger partial charge in [0.1, 0.15) is 5.82 Å². The first kappa shape index (κ1) is 21.3. The molecule has 0 spiro atoms. The van der Waals surface area contributed by atoms with Crippen molar-refractivity contribution in [2.45, 2.75) is 44.7 Å². The minimum atomic E-state index is 0.0226. The van der Waals surface area contributed by atoms with Crippen molar-refractivity contribution in [2.24, 2.45) is 11.8 Å². The van der Waals surface area contributed by atoms with E-state index < -0.39 is 0 Å². The summed E-state index contributed by atoms with van der Waals surface area (Å²) in [5.74, 6) is 2.55. The van der Waals surface area contributed by atoms with E-state index in [0.29, 0.717) is 18.4 Å². The number of rotatable bonds is 4. The van der Waals surface area contributed by atoms with Crippen molar-refractivity contribution in [2.75, 3.05) is 37.7 Å². The Morgan fingerprint density at radius 1 is 1.12 bits per heavy atom. The lowest BCUT2D eigenvalue weighted by Crippen LogP contribution is -2.46. The summed E-state index contributed by atoms with van der Waals surface area (Å²) in [5.41, 5.74) is 2.34. The van der Waals surface area contributed by atoms with E-state index in [1.54, 1.807) is 0 Å². The summed E-state index contributed by atoms with van der Waals surface area (Å²) in [6.07, 6.45) is 5.27. The van der Waals surface area contributed by atoms with Crippen LogP contribution in [0.3, 0.4) is 0 Å². The minimum Gasteiger partial charge on any atom is -0.381 e. The van der Waals surface area contributed by atoms with Crippen LogP contribution < -0.4 is 10.2 Å². The van der Waals surface area contributed by atoms with E-state index in [0.717, 1.165) is 56.6 Å². The van der Waals surface area contributed by atoms with Gasteiger partial charge in [0.05, 0.1) is 6.61 Å². The summed E-state index contributed by atoms with van der Waals surface area (Å²) >= 11 is 0. The first-order chi connectivity index (χ1) is 15.7. The Kier molecular flexibility index (Phi) is 6.30. The lowest BCUT2D eigenvalue weighted by Gasteiger charge is -2.32. The number of urea groups is 1. The van der Waals surface area contributed by atoms with Crippen LogP contribution in [-0.2, 0) is 11.3 Å². The van der Waals surface area contributed by atoms with Crippen LogP contribution in [0, 0.1) is 11.8 Å². The second kappa shape index (κ2) is 9.49. The molecule has 6 heteroatoms. The molecule has 2 aromatic rings. The number of piperidine rings is 1. The van der Waals surface area contributed by atoms with Crippen molar-refractivity contribution >= 4 is 11.8 Å². The molecule has 3 aliphatic heterocycles. The highest BCUT2D eigenvalue weighted by molar-refractivity contribution is 5.75. The summed E-state index contributed by atoms with van der Waals surface area (Å²) in [6, 6.07) is 15.0. The molecular weight excluding hydrogens is 400 g/mol. The molecule has 0 aliphatic carbocycles. The number of pyridine rings is 1. The average Bonchev–Trinajstić information content (AvgIpc) is 3.24. The van der Waals surface area contributed by atoms with Gasteiger partial charge in [-0.25, -0.2) is 9.78 Å². The molecular formula is C26H34N4O2. The number of nitrogens with one attached hydrogen (secondary N) is 1. The molecule has 3 saturated heterocycles. The Hall–Kier alpha value is -2.60. The Labute approximate surface area is 191 Å². The number of aromatic nitrogens is 1. The molecule has 0 bridgehead atoms. The maximum absolute atomic E-state index is 13.1. The molecule has 3 atom stereocenters. The number of anilines is 1. The average molecular weight is 435 g/mol. The molecule has 4 heterocycles. The quantitative estimate of drug-likeness (QED) is 0.789. The maximum atomic E-state index is 13.1. The zero-order chi connectivity index (χ0) is 21.9. The number of carbonyl (C=O) groups is 1. The molecule has 1 aromatic heterocycles. The van der Waals surface area contributed by atoms with Gasteiger partial charge in [0.15, 0.2) is 0 Å². The number of hydrogen-bond acceptors (Lipinski definition) is 4. The first-order valence-corrected chi connectivity index (χ1v) is 12.1. The van der Waals surface area contributed by atoms with E-state index in [4.69, 9.17) is 4.74 Å². The van der Waals surface area contributed by atoms with Crippen molar-refractivity contribution in [3.63, 3.8) is 0 Å². The minimum absolute atomic E-state index is 0.0226. The normalized spacial score (nSPS) is 26.1. The van der Waals surface area contributed by atoms with Gasteiger partial charge < -0.3 is 19.9 Å². The van der Waals surface area contributed by atoms with Gasteiger partial charge in [-0.2, -0.15) is 0 Å². The first-order valence-electron chi connectivity index (χ1n) is 12.1. The van der Waals surface area contributed by atoms with Crippen LogP contribution in [0.15, 0.2) is 48.7 Å². The van der Waals surface area contributed by atoms with Crippen molar-refractivity contribution < 1.29 is 9.53 Å². The molecule has 0 saturated carbocycles. The maximum Gasteiger partial charge on any atom is 0.317 e. The van der Waals surface area contributed by atoms with E-state index >= 15 is 0 Å². The number of ether oxygens (including phenoxy) is 1. The van der Waals surface area contributed by atoms with Crippen molar-refractivity contribution in [1.29, 1.82) is 0 Å². The molecule has 1 N–H and O–H groups in total. The van der Waals surface area contributed by atoms with Gasteiger partial charge in [0, 0.05) is 56.9 Å². The molecule has 32 heavy (non-hydrogen) atoms. The van der Waals surface area contributed by atoms with Crippen LogP contribution in [-0.4, -0.2) is 54.8 Å². The molecule has 0 radical (unpaired) electrons. The smallest absolute Gasteiger partial charge is 0.317 e. The van der Waals surface area contributed by atoms with Gasteiger partial charge >= 0.3 is 6.03 Å². The number of carbonyl (C=O) groups excluding carboxylic acids is 1. The van der Waals surface area contributed by atoms with Gasteiger partial charge in [-0.3, -0.25) is 0 Å². The van der Waals surface area contributed by atoms with Gasteiger partial charge in [-0.1, -0.05) is 43.3 Å². The van der Waals surface area contributed by atoms with E-state index in [1.165, 1.54) is 18.4 Å². The van der Waals surface area contributed by atoms with Crippen LogP contribution in [0.4, 0.5) is 10.6 Å². The summed E-state index contributed by atoms with van der Waals surface area (Å²) in [7, 11) is 0. The van der Waals surface area contributed by atoms with Crippen molar-refractivity contribution in [3.8, 4) is 0 Å². The molecule has 5 rings (SSSR count). The predicted molar refractivity (Wildman–Crippen MR) is 126 cm³/mol. The largest absolute Gasteiger partial charge is 0.381 e. The zero-order valence-corrected chi connectivity index (χ0v) is 19.0. The Morgan fingerprint density at radius 2 is 1.94 bits per heavy atom. The Balaban J connectivity index is 1.20. The third-order valence-electron chi connectivity index (χ3n) is 7.52. The third kappa shape index (κ3) is 4.46. The van der Waals surface area contributed by atoms with Crippen molar-refractivity contribution in [1.82, 2.24) is 15.2 Å². The van der Waals surface area contributed by atoms with Gasteiger partial charge in [0.25, 0.3) is 0 Å². The second-order valence-electron chi connectivity index (χ2n) is 9.62. The topological polar surface area (TPSA) is 57.7 Å². The summed E-state index contributed by atoms with van der Waals surface area (Å²) in [4.78, 5) is 22.2. The van der Waals surface area contributed by atoms with Gasteiger partial charge in [-0.15, -0.1) is 0 Å². The molecule has 1 aromatic carbocycles. The van der Waals surface area contributed by atoms with Crippen LogP contribution in [0.2, 0.25) is 0 Å². The molecule has 2 amide bonds. The Morgan fingerprint density at radius 3 is 2.69 bits per heavy atom. The highest BCUT2D eigenvalue weighted by Gasteiger charge is 2.45. The summed E-state index contributed by atoms with van der Waals surface area (Å²) in [5, 5.41) is 3.14. The number of benzene rings is 1. The summed E-state index contributed by atoms with van der Waals surface area (Å²) in [6.45, 7) is 7.19. The SMILES string of the molecule is CC1CCN(c2ccc(CNC(=O)N3CC(c4ccccc4)C4COCCC43)cn2)CC1. The van der Waals surface area contributed by atoms with Gasteiger partial charge in [-0.05, 0) is 42.4 Å². The third-order valence-corrected chi connectivity index (χ3v) is 7.52. The lowest BCUT2D eigenvalue weighted by molar-refractivity contribution is 0.0261. The molecule has 170 valence electrons. The molecule has 3 unspecified atom stereocenters. The van der Waals surface area contributed by atoms with Crippen LogP contribution >= 0.6 is 0 Å². The van der Waals surface area contributed by atoms with Crippen LogP contribution in [0.25, 0.3) is 0 Å². The lowest BCUT2D eigenvalue weighted by atomic mass is 9.84. The van der Waals surface area contributed by atoms with E-state index in [9.17, 15) is 4.79 Å². The van der Waals surface area contributed by atoms with Crippen LogP contribution in [0.1, 0.15) is 43.2 Å².